The van der Waals surface area contributed by atoms with E-state index in [1.165, 1.54) is 0 Å². The molecule has 3 heteroatoms. The summed E-state index contributed by atoms with van der Waals surface area (Å²) in [5.74, 6) is 0.245. The van der Waals surface area contributed by atoms with Gasteiger partial charge in [-0.3, -0.25) is 14.7 Å². The van der Waals surface area contributed by atoms with Crippen LogP contribution in [0.5, 0.6) is 0 Å². The maximum Gasteiger partial charge on any atom is 0.143 e. The van der Waals surface area contributed by atoms with Gasteiger partial charge in [0, 0.05) is 17.5 Å². The molecule has 0 aromatic carbocycles. The molecule has 0 fully saturated rings. The largest absolute Gasteiger partial charge is 0.299 e. The molecule has 3 nitrogen and oxygen atoms in total. The number of aliphatic imine (C=N–C) groups is 1. The lowest BCUT2D eigenvalue weighted by Crippen LogP contribution is -2.26. The van der Waals surface area contributed by atoms with E-state index in [1.807, 2.05) is 53.6 Å². The average Bonchev–Trinajstić information content (AvgIpc) is 2.01. The molecule has 88 valence electrons. The summed E-state index contributed by atoms with van der Waals surface area (Å²) in [7, 11) is 3.96. The summed E-state index contributed by atoms with van der Waals surface area (Å²) < 4.78 is 0. The second-order valence-corrected chi connectivity index (χ2v) is 5.31. The minimum atomic E-state index is -0.266. The molecular formula is C12H24N2O. The molecule has 0 spiro atoms. The number of nitrogens with zero attached hydrogens (tertiary/aromatic N) is 2. The van der Waals surface area contributed by atoms with Crippen LogP contribution < -0.4 is 0 Å². The SMILES string of the molecule is C/C(CC(=O)C(C)(C)C)=N\C(C)N(C)C. The zero-order valence-electron chi connectivity index (χ0n) is 11.1. The zero-order chi connectivity index (χ0) is 12.2. The molecule has 0 aliphatic heterocycles. The van der Waals surface area contributed by atoms with Crippen molar-refractivity contribution in [2.75, 3.05) is 14.1 Å². The van der Waals surface area contributed by atoms with Gasteiger partial charge in [0.15, 0.2) is 0 Å². The smallest absolute Gasteiger partial charge is 0.143 e. The van der Waals surface area contributed by atoms with Gasteiger partial charge in [-0.2, -0.15) is 0 Å². The predicted molar refractivity (Wildman–Crippen MR) is 65.3 cm³/mol. The van der Waals surface area contributed by atoms with Crippen molar-refractivity contribution < 1.29 is 4.79 Å². The number of hydrogen-bond donors (Lipinski definition) is 0. The fraction of sp³-hybridized carbons (Fsp3) is 0.833. The Morgan fingerprint density at radius 1 is 1.33 bits per heavy atom. The number of carbonyl (C=O) groups is 1. The molecule has 0 aliphatic rings. The van der Waals surface area contributed by atoms with E-state index in [1.54, 1.807) is 0 Å². The Morgan fingerprint density at radius 3 is 2.13 bits per heavy atom. The molecule has 0 saturated carbocycles. The number of carbonyl (C=O) groups excluding carboxylic acids is 1. The summed E-state index contributed by atoms with van der Waals surface area (Å²) in [6, 6.07) is 0. The minimum Gasteiger partial charge on any atom is -0.299 e. The van der Waals surface area contributed by atoms with Gasteiger partial charge in [-0.15, -0.1) is 0 Å². The number of rotatable bonds is 4. The lowest BCUT2D eigenvalue weighted by molar-refractivity contribution is -0.125. The van der Waals surface area contributed by atoms with E-state index >= 15 is 0 Å². The molecular weight excluding hydrogens is 188 g/mol. The predicted octanol–water partition coefficient (Wildman–Crippen LogP) is 2.36. The second kappa shape index (κ2) is 5.40. The van der Waals surface area contributed by atoms with Crippen LogP contribution >= 0.6 is 0 Å². The van der Waals surface area contributed by atoms with Crippen LogP contribution in [-0.2, 0) is 4.79 Å². The first-order valence-electron chi connectivity index (χ1n) is 5.37. The Labute approximate surface area is 93.6 Å². The first-order chi connectivity index (χ1) is 6.64. The highest BCUT2D eigenvalue weighted by Crippen LogP contribution is 2.17. The molecule has 15 heavy (non-hydrogen) atoms. The standard InChI is InChI=1S/C12H24N2O/c1-9(13-10(2)14(6)7)8-11(15)12(3,4)5/h10H,8H2,1-7H3/b13-9+. The molecule has 0 aromatic heterocycles. The van der Waals surface area contributed by atoms with Crippen molar-refractivity contribution in [1.82, 2.24) is 4.90 Å². The zero-order valence-corrected chi connectivity index (χ0v) is 11.1. The molecule has 0 aliphatic carbocycles. The lowest BCUT2D eigenvalue weighted by Gasteiger charge is -2.19. The Kier molecular flexibility index (Phi) is 5.15. The van der Waals surface area contributed by atoms with Gasteiger partial charge < -0.3 is 0 Å². The highest BCUT2D eigenvalue weighted by molar-refractivity contribution is 6.02. The van der Waals surface area contributed by atoms with Crippen molar-refractivity contribution in [3.05, 3.63) is 0 Å². The van der Waals surface area contributed by atoms with Gasteiger partial charge in [0.1, 0.15) is 5.78 Å². The summed E-state index contributed by atoms with van der Waals surface area (Å²) in [6.45, 7) is 9.77. The van der Waals surface area contributed by atoms with Crippen LogP contribution in [0.4, 0.5) is 0 Å². The van der Waals surface area contributed by atoms with Gasteiger partial charge >= 0.3 is 0 Å². The van der Waals surface area contributed by atoms with Crippen molar-refractivity contribution in [3.63, 3.8) is 0 Å². The van der Waals surface area contributed by atoms with E-state index in [0.29, 0.717) is 6.42 Å². The maximum absolute atomic E-state index is 11.7. The third-order valence-electron chi connectivity index (χ3n) is 2.41. The summed E-state index contributed by atoms with van der Waals surface area (Å²) in [6.07, 6.45) is 0.597. The summed E-state index contributed by atoms with van der Waals surface area (Å²) in [4.78, 5) is 18.2. The van der Waals surface area contributed by atoms with E-state index < -0.39 is 0 Å². The van der Waals surface area contributed by atoms with E-state index in [-0.39, 0.29) is 17.4 Å². The van der Waals surface area contributed by atoms with Crippen LogP contribution in [-0.4, -0.2) is 36.7 Å². The first-order valence-corrected chi connectivity index (χ1v) is 5.37. The van der Waals surface area contributed by atoms with Gasteiger partial charge in [0.2, 0.25) is 0 Å². The van der Waals surface area contributed by atoms with Crippen molar-refractivity contribution in [1.29, 1.82) is 0 Å². The molecule has 1 atom stereocenters. The first kappa shape index (κ1) is 14.3. The Hall–Kier alpha value is -0.700. The second-order valence-electron chi connectivity index (χ2n) is 5.31. The lowest BCUT2D eigenvalue weighted by atomic mass is 9.88. The Balaban J connectivity index is 4.37. The van der Waals surface area contributed by atoms with Crippen LogP contribution in [0.25, 0.3) is 0 Å². The highest BCUT2D eigenvalue weighted by atomic mass is 16.1. The molecule has 0 saturated heterocycles. The molecule has 0 amide bonds. The van der Waals surface area contributed by atoms with Crippen LogP contribution in [0.2, 0.25) is 0 Å². The van der Waals surface area contributed by atoms with E-state index in [4.69, 9.17) is 0 Å². The molecule has 0 heterocycles. The van der Waals surface area contributed by atoms with Crippen LogP contribution in [0.1, 0.15) is 41.0 Å². The van der Waals surface area contributed by atoms with Crippen molar-refractivity contribution in [3.8, 4) is 0 Å². The van der Waals surface area contributed by atoms with Crippen LogP contribution in [0.15, 0.2) is 4.99 Å². The molecule has 0 aromatic rings. The van der Waals surface area contributed by atoms with E-state index in [0.717, 1.165) is 5.71 Å². The summed E-state index contributed by atoms with van der Waals surface area (Å²) >= 11 is 0. The minimum absolute atomic E-state index is 0.137. The van der Waals surface area contributed by atoms with Gasteiger partial charge in [0.25, 0.3) is 0 Å². The fourth-order valence-corrected chi connectivity index (χ4v) is 0.978. The Morgan fingerprint density at radius 2 is 1.80 bits per heavy atom. The van der Waals surface area contributed by atoms with Crippen molar-refractivity contribution >= 4 is 11.5 Å². The molecule has 1 unspecified atom stereocenters. The quantitative estimate of drug-likeness (QED) is 0.670. The van der Waals surface area contributed by atoms with Gasteiger partial charge in [-0.05, 0) is 27.9 Å². The van der Waals surface area contributed by atoms with E-state index in [2.05, 4.69) is 4.99 Å². The molecule has 0 radical (unpaired) electrons. The molecule has 0 bridgehead atoms. The topological polar surface area (TPSA) is 32.7 Å². The molecule has 0 N–H and O–H groups in total. The van der Waals surface area contributed by atoms with Crippen LogP contribution in [0, 0.1) is 5.41 Å². The third kappa shape index (κ3) is 5.67. The fourth-order valence-electron chi connectivity index (χ4n) is 0.978. The molecule has 0 rings (SSSR count). The average molecular weight is 212 g/mol. The summed E-state index contributed by atoms with van der Waals surface area (Å²) in [5.41, 5.74) is 0.647. The van der Waals surface area contributed by atoms with Gasteiger partial charge in [-0.1, -0.05) is 20.8 Å². The highest BCUT2D eigenvalue weighted by Gasteiger charge is 2.21. The van der Waals surface area contributed by atoms with Crippen LogP contribution in [0.3, 0.4) is 0 Å². The number of ketones is 1. The Bertz CT molecular complexity index is 249. The number of hydrogen-bond acceptors (Lipinski definition) is 3. The summed E-state index contributed by atoms with van der Waals surface area (Å²) in [5, 5.41) is 0. The van der Waals surface area contributed by atoms with Crippen molar-refractivity contribution in [2.45, 2.75) is 47.2 Å². The maximum atomic E-state index is 11.7. The monoisotopic (exact) mass is 212 g/mol. The number of Topliss-reactive ketones (excluding diaryl/α,β-unsaturated/α-hetero) is 1. The van der Waals surface area contributed by atoms with Gasteiger partial charge in [-0.25, -0.2) is 0 Å². The normalized spacial score (nSPS) is 15.6. The van der Waals surface area contributed by atoms with Crippen molar-refractivity contribution in [2.24, 2.45) is 10.4 Å². The van der Waals surface area contributed by atoms with E-state index in [9.17, 15) is 4.79 Å². The third-order valence-corrected chi connectivity index (χ3v) is 2.41. The van der Waals surface area contributed by atoms with Gasteiger partial charge in [0.05, 0.1) is 6.17 Å².